The summed E-state index contributed by atoms with van der Waals surface area (Å²) in [6.45, 7) is 4.08. The van der Waals surface area contributed by atoms with Gasteiger partial charge in [0.25, 0.3) is 0 Å². The molecule has 0 amide bonds. The number of hydrogen-bond donors (Lipinski definition) is 0. The quantitative estimate of drug-likeness (QED) is 0.792. The van der Waals surface area contributed by atoms with E-state index < -0.39 is 0 Å². The Labute approximate surface area is 115 Å². The predicted octanol–water partition coefficient (Wildman–Crippen LogP) is 4.78. The standard InChI is InChI=1S/C15H14BrFO/c1-10-8-13(17)15(11(2)14(10)16)18-9-12-6-4-3-5-7-12/h3-8H,9H2,1-2H3. The predicted molar refractivity (Wildman–Crippen MR) is 74.3 cm³/mol. The Kier molecular flexibility index (Phi) is 4.02. The van der Waals surface area contributed by atoms with Crippen molar-refractivity contribution in [3.05, 3.63) is 63.4 Å². The first kappa shape index (κ1) is 13.1. The van der Waals surface area contributed by atoms with Gasteiger partial charge in [-0.1, -0.05) is 46.3 Å². The lowest BCUT2D eigenvalue weighted by Gasteiger charge is -2.13. The molecule has 18 heavy (non-hydrogen) atoms. The largest absolute Gasteiger partial charge is 0.486 e. The van der Waals surface area contributed by atoms with Crippen LogP contribution in [0.5, 0.6) is 5.75 Å². The van der Waals surface area contributed by atoms with Gasteiger partial charge in [-0.05, 0) is 31.0 Å². The van der Waals surface area contributed by atoms with Gasteiger partial charge in [0.05, 0.1) is 0 Å². The highest BCUT2D eigenvalue weighted by Crippen LogP contribution is 2.32. The van der Waals surface area contributed by atoms with E-state index in [1.165, 1.54) is 6.07 Å². The number of benzene rings is 2. The van der Waals surface area contributed by atoms with Gasteiger partial charge in [-0.25, -0.2) is 4.39 Å². The molecule has 0 bridgehead atoms. The summed E-state index contributed by atoms with van der Waals surface area (Å²) in [7, 11) is 0. The molecule has 0 aromatic heterocycles. The molecule has 0 saturated heterocycles. The van der Waals surface area contributed by atoms with Crippen LogP contribution in [0.25, 0.3) is 0 Å². The van der Waals surface area contributed by atoms with Crippen molar-refractivity contribution in [3.8, 4) is 5.75 Å². The maximum Gasteiger partial charge on any atom is 0.165 e. The van der Waals surface area contributed by atoms with Crippen molar-refractivity contribution in [3.63, 3.8) is 0 Å². The number of rotatable bonds is 3. The van der Waals surface area contributed by atoms with Gasteiger partial charge in [-0.15, -0.1) is 0 Å². The molecular formula is C15H14BrFO. The number of ether oxygens (including phenoxy) is 1. The fourth-order valence-corrected chi connectivity index (χ4v) is 2.09. The van der Waals surface area contributed by atoms with Crippen LogP contribution in [-0.4, -0.2) is 0 Å². The summed E-state index contributed by atoms with van der Waals surface area (Å²) < 4.78 is 20.3. The SMILES string of the molecule is Cc1cc(F)c(OCc2ccccc2)c(C)c1Br. The summed E-state index contributed by atoms with van der Waals surface area (Å²) in [4.78, 5) is 0. The topological polar surface area (TPSA) is 9.23 Å². The summed E-state index contributed by atoms with van der Waals surface area (Å²) in [5.74, 6) is 0.000425. The molecule has 2 aromatic carbocycles. The minimum absolute atomic E-state index is 0.316. The Balaban J connectivity index is 2.22. The van der Waals surface area contributed by atoms with Crippen LogP contribution in [0.3, 0.4) is 0 Å². The molecule has 0 N–H and O–H groups in total. The first-order valence-electron chi connectivity index (χ1n) is 5.71. The van der Waals surface area contributed by atoms with Crippen LogP contribution in [0.4, 0.5) is 4.39 Å². The molecule has 3 heteroatoms. The molecule has 0 unspecified atom stereocenters. The average Bonchev–Trinajstić information content (AvgIpc) is 2.37. The smallest absolute Gasteiger partial charge is 0.165 e. The van der Waals surface area contributed by atoms with E-state index in [-0.39, 0.29) is 5.82 Å². The van der Waals surface area contributed by atoms with Gasteiger partial charge in [0.2, 0.25) is 0 Å². The number of hydrogen-bond acceptors (Lipinski definition) is 1. The van der Waals surface area contributed by atoms with Gasteiger partial charge in [0.1, 0.15) is 6.61 Å². The number of halogens is 2. The molecule has 0 aliphatic carbocycles. The summed E-state index contributed by atoms with van der Waals surface area (Å²) in [5.41, 5.74) is 2.69. The van der Waals surface area contributed by atoms with Gasteiger partial charge in [-0.3, -0.25) is 0 Å². The van der Waals surface area contributed by atoms with Crippen LogP contribution in [0.15, 0.2) is 40.9 Å². The van der Waals surface area contributed by atoms with Crippen molar-refractivity contribution >= 4 is 15.9 Å². The normalized spacial score (nSPS) is 10.4. The zero-order valence-electron chi connectivity index (χ0n) is 10.3. The lowest BCUT2D eigenvalue weighted by molar-refractivity contribution is 0.287. The van der Waals surface area contributed by atoms with E-state index in [4.69, 9.17) is 4.74 Å². The third kappa shape index (κ3) is 2.72. The Morgan fingerprint density at radius 1 is 1.17 bits per heavy atom. The summed E-state index contributed by atoms with van der Waals surface area (Å²) >= 11 is 3.44. The van der Waals surface area contributed by atoms with Crippen molar-refractivity contribution in [1.82, 2.24) is 0 Å². The van der Waals surface area contributed by atoms with E-state index in [9.17, 15) is 4.39 Å². The van der Waals surface area contributed by atoms with E-state index in [1.54, 1.807) is 0 Å². The minimum atomic E-state index is -0.316. The molecule has 0 aliphatic rings. The first-order valence-corrected chi connectivity index (χ1v) is 6.51. The maximum atomic E-state index is 13.8. The molecular weight excluding hydrogens is 295 g/mol. The second kappa shape index (κ2) is 5.53. The Hall–Kier alpha value is -1.35. The first-order chi connectivity index (χ1) is 8.59. The van der Waals surface area contributed by atoms with E-state index >= 15 is 0 Å². The molecule has 0 aliphatic heterocycles. The van der Waals surface area contributed by atoms with Gasteiger partial charge in [-0.2, -0.15) is 0 Å². The third-order valence-electron chi connectivity index (χ3n) is 2.80. The van der Waals surface area contributed by atoms with Crippen LogP contribution in [0.2, 0.25) is 0 Å². The Morgan fingerprint density at radius 3 is 2.50 bits per heavy atom. The lowest BCUT2D eigenvalue weighted by atomic mass is 10.1. The summed E-state index contributed by atoms with van der Waals surface area (Å²) in [6.07, 6.45) is 0. The summed E-state index contributed by atoms with van der Waals surface area (Å²) in [5, 5.41) is 0. The lowest BCUT2D eigenvalue weighted by Crippen LogP contribution is -2.00. The van der Waals surface area contributed by atoms with Crippen molar-refractivity contribution in [1.29, 1.82) is 0 Å². The fraction of sp³-hybridized carbons (Fsp3) is 0.200. The Morgan fingerprint density at radius 2 is 1.83 bits per heavy atom. The van der Waals surface area contributed by atoms with Crippen LogP contribution < -0.4 is 4.74 Å². The minimum Gasteiger partial charge on any atom is -0.486 e. The van der Waals surface area contributed by atoms with Crippen molar-refractivity contribution < 1.29 is 9.13 Å². The summed E-state index contributed by atoms with van der Waals surface area (Å²) in [6, 6.07) is 11.2. The van der Waals surface area contributed by atoms with Crippen LogP contribution in [0, 0.1) is 19.7 Å². The van der Waals surface area contributed by atoms with Crippen LogP contribution in [-0.2, 0) is 6.61 Å². The van der Waals surface area contributed by atoms with Crippen molar-refractivity contribution in [2.45, 2.75) is 20.5 Å². The molecule has 0 spiro atoms. The number of aryl methyl sites for hydroxylation is 1. The van der Waals surface area contributed by atoms with Crippen LogP contribution >= 0.6 is 15.9 Å². The van der Waals surface area contributed by atoms with Gasteiger partial charge in [0, 0.05) is 10.0 Å². The zero-order chi connectivity index (χ0) is 13.1. The molecule has 1 nitrogen and oxygen atoms in total. The van der Waals surface area contributed by atoms with E-state index in [0.717, 1.165) is 21.2 Å². The van der Waals surface area contributed by atoms with Gasteiger partial charge in [0.15, 0.2) is 11.6 Å². The van der Waals surface area contributed by atoms with E-state index in [0.29, 0.717) is 12.4 Å². The highest BCUT2D eigenvalue weighted by molar-refractivity contribution is 9.10. The highest BCUT2D eigenvalue weighted by Gasteiger charge is 2.13. The average molecular weight is 309 g/mol. The third-order valence-corrected chi connectivity index (χ3v) is 4.02. The van der Waals surface area contributed by atoms with E-state index in [1.807, 2.05) is 44.2 Å². The monoisotopic (exact) mass is 308 g/mol. The zero-order valence-corrected chi connectivity index (χ0v) is 11.9. The van der Waals surface area contributed by atoms with Crippen molar-refractivity contribution in [2.24, 2.45) is 0 Å². The molecule has 0 atom stereocenters. The molecule has 2 rings (SSSR count). The second-order valence-electron chi connectivity index (χ2n) is 4.22. The maximum absolute atomic E-state index is 13.8. The molecule has 0 fully saturated rings. The molecule has 94 valence electrons. The molecule has 0 heterocycles. The van der Waals surface area contributed by atoms with Gasteiger partial charge >= 0.3 is 0 Å². The fourth-order valence-electron chi connectivity index (χ4n) is 1.80. The van der Waals surface area contributed by atoms with Crippen molar-refractivity contribution in [2.75, 3.05) is 0 Å². The molecule has 0 radical (unpaired) electrons. The van der Waals surface area contributed by atoms with E-state index in [2.05, 4.69) is 15.9 Å². The molecule has 0 saturated carbocycles. The highest BCUT2D eigenvalue weighted by atomic mass is 79.9. The second-order valence-corrected chi connectivity index (χ2v) is 5.01. The Bertz CT molecular complexity index is 552. The van der Waals surface area contributed by atoms with Gasteiger partial charge < -0.3 is 4.74 Å². The van der Waals surface area contributed by atoms with Crippen LogP contribution in [0.1, 0.15) is 16.7 Å². The molecule has 2 aromatic rings.